The van der Waals surface area contributed by atoms with Crippen molar-refractivity contribution in [2.75, 3.05) is 13.2 Å². The summed E-state index contributed by atoms with van der Waals surface area (Å²) < 4.78 is 10.5. The molecule has 2 bridgehead atoms. The number of amides is 1. The summed E-state index contributed by atoms with van der Waals surface area (Å²) in [6.45, 7) is 2.10. The Hall–Kier alpha value is -2.04. The Morgan fingerprint density at radius 2 is 2.00 bits per heavy atom. The van der Waals surface area contributed by atoms with Crippen molar-refractivity contribution in [2.24, 2.45) is 17.8 Å². The van der Waals surface area contributed by atoms with E-state index in [1.54, 1.807) is 0 Å². The van der Waals surface area contributed by atoms with Crippen molar-refractivity contribution in [3.63, 3.8) is 0 Å². The number of esters is 1. The monoisotopic (exact) mass is 345 g/mol. The first kappa shape index (κ1) is 17.8. The molecule has 5 nitrogen and oxygen atoms in total. The number of ether oxygens (including phenoxy) is 2. The maximum absolute atomic E-state index is 12.0. The van der Waals surface area contributed by atoms with Crippen LogP contribution in [0.15, 0.2) is 30.3 Å². The molecule has 0 aliphatic heterocycles. The van der Waals surface area contributed by atoms with E-state index in [9.17, 15) is 9.59 Å². The number of hydrogen-bond donors (Lipinski definition) is 1. The molecular weight excluding hydrogens is 318 g/mol. The van der Waals surface area contributed by atoms with Crippen LogP contribution in [0.2, 0.25) is 0 Å². The molecule has 2 saturated carbocycles. The van der Waals surface area contributed by atoms with Gasteiger partial charge in [-0.15, -0.1) is 0 Å². The van der Waals surface area contributed by atoms with Gasteiger partial charge in [0.2, 0.25) is 0 Å². The molecule has 1 aromatic rings. The van der Waals surface area contributed by atoms with E-state index in [2.05, 4.69) is 12.2 Å². The standard InChI is InChI=1S/C20H27NO4/c1-14(18-12-15-7-8-16(18)11-15)21-19(22)13-25-20(23)9-10-24-17-5-3-2-4-6-17/h2-6,14-16,18H,7-13H2,1H3,(H,21,22)/t14-,15-,16-,18+/m0/s1. The molecule has 0 unspecified atom stereocenters. The van der Waals surface area contributed by atoms with Crippen LogP contribution in [0.4, 0.5) is 0 Å². The van der Waals surface area contributed by atoms with Crippen LogP contribution in [-0.2, 0) is 14.3 Å². The minimum Gasteiger partial charge on any atom is -0.493 e. The quantitative estimate of drug-likeness (QED) is 0.736. The number of rotatable bonds is 8. The lowest BCUT2D eigenvalue weighted by Gasteiger charge is -2.28. The fraction of sp³-hybridized carbons (Fsp3) is 0.600. The highest BCUT2D eigenvalue weighted by molar-refractivity contribution is 5.80. The Morgan fingerprint density at radius 1 is 1.20 bits per heavy atom. The summed E-state index contributed by atoms with van der Waals surface area (Å²) in [5.74, 6) is 2.28. The first-order valence-electron chi connectivity index (χ1n) is 9.24. The van der Waals surface area contributed by atoms with Gasteiger partial charge in [0.25, 0.3) is 5.91 Å². The van der Waals surface area contributed by atoms with Gasteiger partial charge in [-0.05, 0) is 56.1 Å². The molecule has 2 aliphatic carbocycles. The lowest BCUT2D eigenvalue weighted by Crippen LogP contribution is -2.42. The van der Waals surface area contributed by atoms with Crippen LogP contribution in [0.1, 0.15) is 39.0 Å². The lowest BCUT2D eigenvalue weighted by atomic mass is 9.84. The molecule has 2 fully saturated rings. The predicted octanol–water partition coefficient (Wildman–Crippen LogP) is 2.94. The van der Waals surface area contributed by atoms with Gasteiger partial charge in [-0.25, -0.2) is 0 Å². The first-order valence-corrected chi connectivity index (χ1v) is 9.24. The van der Waals surface area contributed by atoms with Crippen molar-refractivity contribution in [1.29, 1.82) is 0 Å². The molecule has 1 aromatic carbocycles. The average Bonchev–Trinajstić information content (AvgIpc) is 3.24. The minimum absolute atomic E-state index is 0.129. The first-order chi connectivity index (χ1) is 12.1. The molecule has 0 radical (unpaired) electrons. The SMILES string of the molecule is C[C@H](NC(=O)COC(=O)CCOc1ccccc1)[C@H]1C[C@H]2CC[C@H]1C2. The van der Waals surface area contributed by atoms with Gasteiger partial charge in [-0.3, -0.25) is 9.59 Å². The third-order valence-electron chi connectivity index (χ3n) is 5.51. The summed E-state index contributed by atoms with van der Waals surface area (Å²) in [6.07, 6.45) is 5.32. The van der Waals surface area contributed by atoms with Gasteiger partial charge in [-0.2, -0.15) is 0 Å². The summed E-state index contributed by atoms with van der Waals surface area (Å²) in [5, 5.41) is 3.00. The second kappa shape index (κ2) is 8.37. The van der Waals surface area contributed by atoms with Crippen LogP contribution < -0.4 is 10.1 Å². The van der Waals surface area contributed by atoms with Gasteiger partial charge in [0, 0.05) is 6.04 Å². The molecule has 136 valence electrons. The number of benzene rings is 1. The van der Waals surface area contributed by atoms with Crippen LogP contribution in [-0.4, -0.2) is 31.1 Å². The molecular formula is C20H27NO4. The Kier molecular flexibility index (Phi) is 5.95. The van der Waals surface area contributed by atoms with Gasteiger partial charge >= 0.3 is 5.97 Å². The van der Waals surface area contributed by atoms with Gasteiger partial charge in [0.1, 0.15) is 5.75 Å². The van der Waals surface area contributed by atoms with Crippen molar-refractivity contribution in [3.05, 3.63) is 30.3 Å². The van der Waals surface area contributed by atoms with Crippen molar-refractivity contribution >= 4 is 11.9 Å². The number of carbonyl (C=O) groups is 2. The van der Waals surface area contributed by atoms with E-state index in [1.807, 2.05) is 30.3 Å². The van der Waals surface area contributed by atoms with Crippen LogP contribution >= 0.6 is 0 Å². The molecule has 25 heavy (non-hydrogen) atoms. The van der Waals surface area contributed by atoms with Crippen LogP contribution in [0.3, 0.4) is 0 Å². The predicted molar refractivity (Wildman–Crippen MR) is 94.1 cm³/mol. The molecule has 5 heteroatoms. The second-order valence-corrected chi connectivity index (χ2v) is 7.27. The van der Waals surface area contributed by atoms with E-state index in [1.165, 1.54) is 25.7 Å². The fourth-order valence-electron chi connectivity index (χ4n) is 4.30. The molecule has 4 atom stereocenters. The molecule has 0 saturated heterocycles. The summed E-state index contributed by atoms with van der Waals surface area (Å²) in [5.41, 5.74) is 0. The molecule has 1 N–H and O–H groups in total. The van der Waals surface area contributed by atoms with Crippen molar-refractivity contribution in [1.82, 2.24) is 5.32 Å². The van der Waals surface area contributed by atoms with Crippen LogP contribution in [0.25, 0.3) is 0 Å². The molecule has 2 aliphatic rings. The number of nitrogens with one attached hydrogen (secondary N) is 1. The smallest absolute Gasteiger partial charge is 0.309 e. The van der Waals surface area contributed by atoms with Crippen molar-refractivity contribution in [2.45, 2.75) is 45.1 Å². The van der Waals surface area contributed by atoms with Gasteiger partial charge < -0.3 is 14.8 Å². The number of hydrogen-bond acceptors (Lipinski definition) is 4. The third kappa shape index (κ3) is 4.97. The van der Waals surface area contributed by atoms with E-state index in [0.717, 1.165) is 11.8 Å². The number of para-hydroxylation sites is 1. The summed E-state index contributed by atoms with van der Waals surface area (Å²) in [4.78, 5) is 23.7. The second-order valence-electron chi connectivity index (χ2n) is 7.27. The van der Waals surface area contributed by atoms with E-state index in [-0.39, 0.29) is 31.6 Å². The molecule has 0 spiro atoms. The highest BCUT2D eigenvalue weighted by atomic mass is 16.5. The summed E-state index contributed by atoms with van der Waals surface area (Å²) in [7, 11) is 0. The van der Waals surface area contributed by atoms with E-state index in [0.29, 0.717) is 11.7 Å². The van der Waals surface area contributed by atoms with Crippen LogP contribution in [0, 0.1) is 17.8 Å². The molecule has 1 amide bonds. The molecule has 0 heterocycles. The van der Waals surface area contributed by atoms with E-state index in [4.69, 9.17) is 9.47 Å². The highest BCUT2D eigenvalue weighted by Crippen LogP contribution is 2.49. The Morgan fingerprint density at radius 3 is 2.68 bits per heavy atom. The molecule has 3 rings (SSSR count). The van der Waals surface area contributed by atoms with Crippen molar-refractivity contribution < 1.29 is 19.1 Å². The lowest BCUT2D eigenvalue weighted by molar-refractivity contribution is -0.149. The fourth-order valence-corrected chi connectivity index (χ4v) is 4.30. The molecule has 0 aromatic heterocycles. The van der Waals surface area contributed by atoms with Gasteiger partial charge in [0.05, 0.1) is 13.0 Å². The number of carbonyl (C=O) groups excluding carboxylic acids is 2. The van der Waals surface area contributed by atoms with Crippen LogP contribution in [0.5, 0.6) is 5.75 Å². The topological polar surface area (TPSA) is 64.6 Å². The highest BCUT2D eigenvalue weighted by Gasteiger charge is 2.42. The summed E-state index contributed by atoms with van der Waals surface area (Å²) >= 11 is 0. The van der Waals surface area contributed by atoms with Gasteiger partial charge in [0.15, 0.2) is 6.61 Å². The zero-order valence-corrected chi connectivity index (χ0v) is 14.8. The normalized spacial score (nSPS) is 25.4. The Labute approximate surface area is 149 Å². The zero-order valence-electron chi connectivity index (χ0n) is 14.8. The maximum atomic E-state index is 12.0. The zero-order chi connectivity index (χ0) is 17.6. The summed E-state index contributed by atoms with van der Waals surface area (Å²) in [6, 6.07) is 9.45. The minimum atomic E-state index is -0.418. The Bertz CT molecular complexity index is 589. The number of fused-ring (bicyclic) bond motifs is 2. The van der Waals surface area contributed by atoms with E-state index >= 15 is 0 Å². The maximum Gasteiger partial charge on any atom is 0.309 e. The third-order valence-corrected chi connectivity index (χ3v) is 5.51. The average molecular weight is 345 g/mol. The van der Waals surface area contributed by atoms with E-state index < -0.39 is 5.97 Å². The van der Waals surface area contributed by atoms with Crippen molar-refractivity contribution in [3.8, 4) is 5.75 Å². The van der Waals surface area contributed by atoms with Gasteiger partial charge in [-0.1, -0.05) is 24.6 Å². The Balaban J connectivity index is 1.30. The largest absolute Gasteiger partial charge is 0.493 e.